The van der Waals surface area contributed by atoms with Gasteiger partial charge in [-0.05, 0) is 18.9 Å². The van der Waals surface area contributed by atoms with Crippen molar-refractivity contribution in [1.29, 1.82) is 0 Å². The number of amides is 1. The predicted octanol–water partition coefficient (Wildman–Crippen LogP) is -0.461. The Bertz CT molecular complexity index is 438. The number of hydrogen-bond acceptors (Lipinski definition) is 4. The second-order valence-corrected chi connectivity index (χ2v) is 3.98. The number of aromatic nitrogens is 2. The fraction of sp³-hybridized carbons (Fsp3) is 0.545. The topological polar surface area (TPSA) is 73.2 Å². The van der Waals surface area contributed by atoms with Crippen molar-refractivity contribution in [2.24, 2.45) is 0 Å². The number of carbonyl (C=O) groups excluding carboxylic acids is 1. The Hall–Kier alpha value is -1.69. The normalized spacial score (nSPS) is 16.7. The summed E-state index contributed by atoms with van der Waals surface area (Å²) in [5.41, 5.74) is -0.408. The largest absolute Gasteiger partial charge is 0.381 e. The fourth-order valence-electron chi connectivity index (χ4n) is 1.78. The number of nitrogens with one attached hydrogen (secondary N) is 1. The summed E-state index contributed by atoms with van der Waals surface area (Å²) in [7, 11) is 0. The van der Waals surface area contributed by atoms with Gasteiger partial charge in [-0.15, -0.1) is 0 Å². The van der Waals surface area contributed by atoms with Crippen LogP contribution < -0.4 is 11.0 Å². The van der Waals surface area contributed by atoms with Crippen molar-refractivity contribution in [2.45, 2.75) is 25.4 Å². The maximum atomic E-state index is 11.7. The van der Waals surface area contributed by atoms with E-state index < -0.39 is 5.69 Å². The standard InChI is InChI=1S/C11H15N3O3/c15-10(13-9-2-6-17-7-3-9)8-14-5-1-4-12-11(14)16/h1,4-5,9H,2-3,6-8H2,(H,13,15). The average Bonchev–Trinajstić information content (AvgIpc) is 2.33. The minimum atomic E-state index is -0.408. The molecule has 0 unspecified atom stereocenters. The van der Waals surface area contributed by atoms with E-state index in [2.05, 4.69) is 10.3 Å². The molecule has 1 aliphatic heterocycles. The van der Waals surface area contributed by atoms with E-state index in [0.717, 1.165) is 12.8 Å². The van der Waals surface area contributed by atoms with Gasteiger partial charge in [0.1, 0.15) is 6.54 Å². The summed E-state index contributed by atoms with van der Waals surface area (Å²) in [4.78, 5) is 26.6. The Balaban J connectivity index is 1.89. The summed E-state index contributed by atoms with van der Waals surface area (Å²) in [6, 6.07) is 1.78. The summed E-state index contributed by atoms with van der Waals surface area (Å²) in [5.74, 6) is -0.160. The molecule has 2 heterocycles. The van der Waals surface area contributed by atoms with E-state index in [1.807, 2.05) is 0 Å². The molecule has 0 radical (unpaired) electrons. The quantitative estimate of drug-likeness (QED) is 0.772. The molecule has 1 aromatic rings. The van der Waals surface area contributed by atoms with Gasteiger partial charge in [-0.25, -0.2) is 9.78 Å². The van der Waals surface area contributed by atoms with Crippen LogP contribution in [0, 0.1) is 0 Å². The maximum Gasteiger partial charge on any atom is 0.347 e. The number of ether oxygens (including phenoxy) is 1. The molecule has 6 heteroatoms. The molecule has 1 saturated heterocycles. The van der Waals surface area contributed by atoms with E-state index >= 15 is 0 Å². The molecule has 1 aromatic heterocycles. The zero-order chi connectivity index (χ0) is 12.1. The summed E-state index contributed by atoms with van der Waals surface area (Å²) in [6.45, 7) is 1.37. The predicted molar refractivity (Wildman–Crippen MR) is 60.5 cm³/mol. The summed E-state index contributed by atoms with van der Waals surface area (Å²) in [5, 5.41) is 2.89. The SMILES string of the molecule is O=C(Cn1cccnc1=O)NC1CCOCC1. The Kier molecular flexibility index (Phi) is 3.87. The van der Waals surface area contributed by atoms with Gasteiger partial charge in [0, 0.05) is 31.6 Å². The Morgan fingerprint density at radius 1 is 1.53 bits per heavy atom. The highest BCUT2D eigenvalue weighted by atomic mass is 16.5. The lowest BCUT2D eigenvalue weighted by molar-refractivity contribution is -0.123. The molecule has 1 amide bonds. The lowest BCUT2D eigenvalue weighted by Gasteiger charge is -2.23. The molecule has 0 spiro atoms. The third-order valence-corrected chi connectivity index (χ3v) is 2.68. The van der Waals surface area contributed by atoms with E-state index in [4.69, 9.17) is 4.74 Å². The van der Waals surface area contributed by atoms with Crippen LogP contribution in [0.3, 0.4) is 0 Å². The van der Waals surface area contributed by atoms with Gasteiger partial charge >= 0.3 is 5.69 Å². The van der Waals surface area contributed by atoms with E-state index in [1.54, 1.807) is 12.3 Å². The van der Waals surface area contributed by atoms with Gasteiger partial charge in [0.25, 0.3) is 0 Å². The van der Waals surface area contributed by atoms with Crippen LogP contribution >= 0.6 is 0 Å². The van der Waals surface area contributed by atoms with E-state index in [0.29, 0.717) is 13.2 Å². The molecule has 0 aliphatic carbocycles. The van der Waals surface area contributed by atoms with Crippen molar-refractivity contribution >= 4 is 5.91 Å². The molecule has 1 N–H and O–H groups in total. The molecule has 0 aromatic carbocycles. The van der Waals surface area contributed by atoms with Gasteiger partial charge in [0.2, 0.25) is 5.91 Å². The van der Waals surface area contributed by atoms with Gasteiger partial charge in [0.15, 0.2) is 0 Å². The third kappa shape index (κ3) is 3.39. The molecule has 0 saturated carbocycles. The first-order chi connectivity index (χ1) is 8.25. The summed E-state index contributed by atoms with van der Waals surface area (Å²) >= 11 is 0. The van der Waals surface area contributed by atoms with Crippen LogP contribution in [0.4, 0.5) is 0 Å². The Morgan fingerprint density at radius 3 is 3.00 bits per heavy atom. The first-order valence-corrected chi connectivity index (χ1v) is 5.64. The van der Waals surface area contributed by atoms with E-state index in [-0.39, 0.29) is 18.5 Å². The molecule has 6 nitrogen and oxygen atoms in total. The van der Waals surface area contributed by atoms with Crippen LogP contribution in [-0.2, 0) is 16.1 Å². The van der Waals surface area contributed by atoms with Crippen molar-refractivity contribution in [1.82, 2.24) is 14.9 Å². The Morgan fingerprint density at radius 2 is 2.29 bits per heavy atom. The first kappa shape index (κ1) is 11.8. The summed E-state index contributed by atoms with van der Waals surface area (Å²) < 4.78 is 6.49. The lowest BCUT2D eigenvalue weighted by atomic mass is 10.1. The highest BCUT2D eigenvalue weighted by Crippen LogP contribution is 2.05. The fourth-order valence-corrected chi connectivity index (χ4v) is 1.78. The van der Waals surface area contributed by atoms with Crippen LogP contribution in [0.15, 0.2) is 23.3 Å². The second-order valence-electron chi connectivity index (χ2n) is 3.98. The van der Waals surface area contributed by atoms with Crippen molar-refractivity contribution in [3.05, 3.63) is 28.9 Å². The van der Waals surface area contributed by atoms with Crippen LogP contribution in [-0.4, -0.2) is 34.7 Å². The highest BCUT2D eigenvalue weighted by Gasteiger charge is 2.16. The Labute approximate surface area is 98.6 Å². The van der Waals surface area contributed by atoms with Gasteiger partial charge in [-0.3, -0.25) is 9.36 Å². The average molecular weight is 237 g/mol. The monoisotopic (exact) mass is 237 g/mol. The first-order valence-electron chi connectivity index (χ1n) is 5.64. The lowest BCUT2D eigenvalue weighted by Crippen LogP contribution is -2.41. The minimum Gasteiger partial charge on any atom is -0.381 e. The molecule has 17 heavy (non-hydrogen) atoms. The van der Waals surface area contributed by atoms with Crippen LogP contribution in [0.1, 0.15) is 12.8 Å². The highest BCUT2D eigenvalue weighted by molar-refractivity contribution is 5.76. The van der Waals surface area contributed by atoms with Gasteiger partial charge in [0.05, 0.1) is 0 Å². The van der Waals surface area contributed by atoms with Gasteiger partial charge in [-0.2, -0.15) is 0 Å². The number of carbonyl (C=O) groups is 1. The van der Waals surface area contributed by atoms with Crippen molar-refractivity contribution in [3.63, 3.8) is 0 Å². The second kappa shape index (κ2) is 5.58. The molecule has 0 bridgehead atoms. The van der Waals surface area contributed by atoms with E-state index in [9.17, 15) is 9.59 Å². The third-order valence-electron chi connectivity index (χ3n) is 2.68. The molecule has 1 aliphatic rings. The van der Waals surface area contributed by atoms with Crippen molar-refractivity contribution in [3.8, 4) is 0 Å². The number of nitrogens with zero attached hydrogens (tertiary/aromatic N) is 2. The molecule has 1 fully saturated rings. The smallest absolute Gasteiger partial charge is 0.347 e. The number of rotatable bonds is 3. The zero-order valence-electron chi connectivity index (χ0n) is 9.46. The van der Waals surface area contributed by atoms with Crippen LogP contribution in [0.25, 0.3) is 0 Å². The molecular formula is C11H15N3O3. The van der Waals surface area contributed by atoms with Crippen molar-refractivity contribution < 1.29 is 9.53 Å². The molecule has 0 atom stereocenters. The minimum absolute atomic E-state index is 0.0179. The molecule has 2 rings (SSSR count). The maximum absolute atomic E-state index is 11.7. The molecular weight excluding hydrogens is 222 g/mol. The zero-order valence-corrected chi connectivity index (χ0v) is 9.46. The van der Waals surface area contributed by atoms with Crippen LogP contribution in [0.5, 0.6) is 0 Å². The van der Waals surface area contributed by atoms with E-state index in [1.165, 1.54) is 10.8 Å². The summed E-state index contributed by atoms with van der Waals surface area (Å²) in [6.07, 6.45) is 4.62. The number of hydrogen-bond donors (Lipinski definition) is 1. The van der Waals surface area contributed by atoms with Gasteiger partial charge < -0.3 is 10.1 Å². The van der Waals surface area contributed by atoms with Gasteiger partial charge in [-0.1, -0.05) is 0 Å². The van der Waals surface area contributed by atoms with Crippen LogP contribution in [0.2, 0.25) is 0 Å². The van der Waals surface area contributed by atoms with Crippen molar-refractivity contribution in [2.75, 3.05) is 13.2 Å². The molecule has 92 valence electrons.